The van der Waals surface area contributed by atoms with Crippen LogP contribution in [-0.4, -0.2) is 77.6 Å². The van der Waals surface area contributed by atoms with Crippen LogP contribution in [0.4, 0.5) is 16.2 Å². The van der Waals surface area contributed by atoms with Crippen LogP contribution in [0, 0.1) is 11.8 Å². The molecule has 0 heterocycles. The Labute approximate surface area is 297 Å². The molecule has 0 saturated carbocycles. The van der Waals surface area contributed by atoms with Gasteiger partial charge in [0, 0.05) is 22.5 Å². The van der Waals surface area contributed by atoms with E-state index in [4.69, 9.17) is 0 Å². The third-order valence-corrected chi connectivity index (χ3v) is 10.6. The predicted molar refractivity (Wildman–Crippen MR) is 191 cm³/mol. The van der Waals surface area contributed by atoms with Crippen LogP contribution in [0.2, 0.25) is 0 Å². The van der Waals surface area contributed by atoms with Crippen molar-refractivity contribution in [2.45, 2.75) is 25.0 Å². The number of nitrogens with zero attached hydrogens (tertiary/aromatic N) is 2. The number of carbonyl (C=O) groups is 3. The molecule has 17 heteroatoms. The van der Waals surface area contributed by atoms with E-state index >= 15 is 0 Å². The molecule has 0 aliphatic heterocycles. The van der Waals surface area contributed by atoms with E-state index in [2.05, 4.69) is 20.6 Å². The summed E-state index contributed by atoms with van der Waals surface area (Å²) < 4.78 is 66.0. The van der Waals surface area contributed by atoms with Gasteiger partial charge in [-0.2, -0.15) is 16.8 Å². The molecule has 15 nitrogen and oxygen atoms in total. The molecular weight excluding hydrogens is 717 g/mol. The number of urea groups is 1. The number of hydrogen-bond donors (Lipinski definition) is 6. The van der Waals surface area contributed by atoms with Crippen LogP contribution in [-0.2, 0) is 20.2 Å². The van der Waals surface area contributed by atoms with E-state index in [1.807, 2.05) is 0 Å². The minimum Gasteiger partial charge on any atom is -0.387 e. The summed E-state index contributed by atoms with van der Waals surface area (Å²) in [5, 5.41) is 26.6. The lowest BCUT2D eigenvalue weighted by Crippen LogP contribution is -2.36. The van der Waals surface area contributed by atoms with Crippen LogP contribution < -0.4 is 10.6 Å². The molecule has 0 fully saturated rings. The normalized spacial score (nSPS) is 24.2. The van der Waals surface area contributed by atoms with E-state index in [9.17, 15) is 50.5 Å². The summed E-state index contributed by atoms with van der Waals surface area (Å²) in [7, 11) is -9.40. The van der Waals surface area contributed by atoms with Crippen molar-refractivity contribution in [1.29, 1.82) is 0 Å². The summed E-state index contributed by atoms with van der Waals surface area (Å²) in [6, 6.07) is 10.9. The molecule has 4 atom stereocenters. The van der Waals surface area contributed by atoms with Crippen LogP contribution in [0.3, 0.4) is 0 Å². The van der Waals surface area contributed by atoms with Crippen molar-refractivity contribution in [2.75, 3.05) is 10.6 Å². The van der Waals surface area contributed by atoms with Gasteiger partial charge in [0.05, 0.1) is 23.3 Å². The molecule has 4 aliphatic carbocycles. The largest absolute Gasteiger partial charge is 0.387 e. The average molecular weight is 747 g/mol. The first kappa shape index (κ1) is 36.4. The number of aliphatic hydroxyl groups excluding tert-OH is 2. The van der Waals surface area contributed by atoms with Gasteiger partial charge >= 0.3 is 6.03 Å². The van der Waals surface area contributed by atoms with Gasteiger partial charge in [0.2, 0.25) is 0 Å². The Balaban J connectivity index is 1.13. The summed E-state index contributed by atoms with van der Waals surface area (Å²) in [6.45, 7) is 0. The van der Waals surface area contributed by atoms with E-state index in [1.54, 1.807) is 12.2 Å². The Hall–Kier alpha value is -5.43. The van der Waals surface area contributed by atoms with Crippen molar-refractivity contribution in [1.82, 2.24) is 0 Å². The van der Waals surface area contributed by atoms with Crippen LogP contribution >= 0.6 is 0 Å². The average Bonchev–Trinajstić information content (AvgIpc) is 3.07. The van der Waals surface area contributed by atoms with Crippen LogP contribution in [0.15, 0.2) is 128 Å². The molecule has 4 unspecified atom stereocenters. The number of fused-ring (bicyclic) bond motifs is 2. The van der Waals surface area contributed by atoms with Crippen molar-refractivity contribution in [2.24, 2.45) is 21.8 Å². The molecule has 0 saturated heterocycles. The van der Waals surface area contributed by atoms with Gasteiger partial charge in [0.1, 0.15) is 22.0 Å². The summed E-state index contributed by atoms with van der Waals surface area (Å²) in [4.78, 5) is 46.2. The van der Waals surface area contributed by atoms with Gasteiger partial charge in [-0.25, -0.2) is 14.8 Å². The lowest BCUT2D eigenvalue weighted by molar-refractivity contribution is 0.0993. The van der Waals surface area contributed by atoms with Crippen LogP contribution in [0.5, 0.6) is 0 Å². The molecule has 0 spiro atoms. The summed E-state index contributed by atoms with van der Waals surface area (Å²) in [5.74, 6) is -3.43. The van der Waals surface area contributed by atoms with Gasteiger partial charge in [-0.15, -0.1) is 0 Å². The first-order chi connectivity index (χ1) is 24.6. The molecule has 0 aromatic heterocycles. The lowest BCUT2D eigenvalue weighted by atomic mass is 9.80. The smallest absolute Gasteiger partial charge is 0.323 e. The molecule has 0 radical (unpaired) electrons. The van der Waals surface area contributed by atoms with Crippen molar-refractivity contribution in [3.8, 4) is 0 Å². The van der Waals surface area contributed by atoms with E-state index in [-0.39, 0.29) is 33.9 Å². The minimum atomic E-state index is -4.70. The number of anilines is 2. The summed E-state index contributed by atoms with van der Waals surface area (Å²) in [6.07, 6.45) is 8.98. The summed E-state index contributed by atoms with van der Waals surface area (Å²) >= 11 is 0. The zero-order valence-corrected chi connectivity index (χ0v) is 28.5. The molecule has 268 valence electrons. The maximum absolute atomic E-state index is 13.2. The van der Waals surface area contributed by atoms with E-state index in [1.165, 1.54) is 72.8 Å². The second-order valence-corrected chi connectivity index (χ2v) is 14.9. The zero-order chi connectivity index (χ0) is 37.4. The molecule has 6 N–H and O–H groups in total. The van der Waals surface area contributed by atoms with Crippen molar-refractivity contribution in [3.63, 3.8) is 0 Å². The highest BCUT2D eigenvalue weighted by atomic mass is 32.2. The van der Waals surface area contributed by atoms with Gasteiger partial charge in [-0.3, -0.25) is 18.7 Å². The Morgan fingerprint density at radius 3 is 1.42 bits per heavy atom. The van der Waals surface area contributed by atoms with Gasteiger partial charge in [-0.05, 0) is 73.5 Å². The van der Waals surface area contributed by atoms with Crippen LogP contribution in [0.25, 0.3) is 0 Å². The number of carbonyl (C=O) groups excluding carboxylic acids is 3. The monoisotopic (exact) mass is 746 g/mol. The van der Waals surface area contributed by atoms with Crippen molar-refractivity contribution < 1.29 is 50.5 Å². The maximum Gasteiger partial charge on any atom is 0.323 e. The van der Waals surface area contributed by atoms with Gasteiger partial charge in [-0.1, -0.05) is 47.6 Å². The fraction of sp³-hybridized carbons (Fsp3) is 0.171. The molecule has 6 rings (SSSR count). The number of aliphatic imine (C=N–C) groups is 2. The second-order valence-electron chi connectivity index (χ2n) is 12.1. The molecule has 4 amide bonds. The zero-order valence-electron chi connectivity index (χ0n) is 26.8. The Morgan fingerprint density at radius 2 is 1.04 bits per heavy atom. The molecule has 4 aliphatic rings. The highest BCUT2D eigenvalue weighted by Gasteiger charge is 2.39. The van der Waals surface area contributed by atoms with Crippen molar-refractivity contribution in [3.05, 3.63) is 129 Å². The minimum absolute atomic E-state index is 0.0643. The fourth-order valence-corrected chi connectivity index (χ4v) is 7.62. The standard InChI is InChI=1S/C35H30N4O11S2/c40-31-27(51(45,46)47)15-13-19-5-3-11-25(29(19)31)38-33(42)21-7-1-9-23(17-21)36-35(44)37-24-10-2-8-22(18-24)34(43)39-26-12-4-6-20-14-16-28(52(48,49)50)32(41)30(20)26/h1-4,7-18,29-32,40-41H,5-6H2,(H2,36,37,44)(H,45,46,47)(H,48,49,50). The predicted octanol–water partition coefficient (Wildman–Crippen LogP) is 3.79. The van der Waals surface area contributed by atoms with Gasteiger partial charge < -0.3 is 20.8 Å². The maximum atomic E-state index is 13.2. The number of hydrogen-bond acceptors (Lipinski definition) is 9. The number of aliphatic hydroxyl groups is 2. The number of nitrogens with one attached hydrogen (secondary N) is 2. The molecule has 2 aromatic rings. The number of rotatable bonds is 6. The topological polar surface area (TPSA) is 249 Å². The first-order valence-electron chi connectivity index (χ1n) is 15.6. The summed E-state index contributed by atoms with van der Waals surface area (Å²) in [5.41, 5.74) is 1.92. The number of benzene rings is 2. The Bertz CT molecular complexity index is 2200. The second kappa shape index (κ2) is 14.3. The molecular formula is C35H30N4O11S2. The lowest BCUT2D eigenvalue weighted by Gasteiger charge is -2.31. The quantitative estimate of drug-likeness (QED) is 0.232. The first-order valence-corrected chi connectivity index (χ1v) is 18.5. The molecule has 52 heavy (non-hydrogen) atoms. The van der Waals surface area contributed by atoms with E-state index in [0.29, 0.717) is 24.0 Å². The third kappa shape index (κ3) is 7.74. The van der Waals surface area contributed by atoms with Crippen LogP contribution in [0.1, 0.15) is 33.6 Å². The molecule has 0 bridgehead atoms. The highest BCUT2D eigenvalue weighted by molar-refractivity contribution is 7.90. The van der Waals surface area contributed by atoms with Gasteiger partial charge in [0.15, 0.2) is 0 Å². The third-order valence-electron chi connectivity index (χ3n) is 8.65. The van der Waals surface area contributed by atoms with E-state index < -0.39 is 71.9 Å². The fourth-order valence-electron chi connectivity index (χ4n) is 6.26. The number of amides is 4. The number of allylic oxidation sites excluding steroid dienone is 8. The van der Waals surface area contributed by atoms with Crippen molar-refractivity contribution >= 4 is 60.9 Å². The highest BCUT2D eigenvalue weighted by Crippen LogP contribution is 2.36. The van der Waals surface area contributed by atoms with E-state index in [0.717, 1.165) is 12.2 Å². The van der Waals surface area contributed by atoms with Gasteiger partial charge in [0.25, 0.3) is 32.1 Å². The molecule has 2 aromatic carbocycles. The SMILES string of the molecule is O=C(Nc1cccc(C(=O)N=C2C=CCC3=CC=C(S(=O)(=O)O)C(O)C32)c1)Nc1cccc(C(=O)N=C2C=CCC3=CC=C(S(=O)(=O)O)C(O)C32)c1. The Kier molecular flexibility index (Phi) is 10.00. The Morgan fingerprint density at radius 1 is 0.635 bits per heavy atom.